The molecule has 2 aromatic rings. The molecular weight excluding hydrogens is 314 g/mol. The molecule has 2 aromatic carbocycles. The molecule has 0 saturated carbocycles. The molecule has 1 amide bonds. The first-order chi connectivity index (χ1) is 12.1. The number of carbonyl (C=O) groups excluding carboxylic acids is 1. The highest BCUT2D eigenvalue weighted by Crippen LogP contribution is 2.35. The number of benzene rings is 2. The van der Waals surface area contributed by atoms with Gasteiger partial charge >= 0.3 is 0 Å². The lowest BCUT2D eigenvalue weighted by Crippen LogP contribution is -2.26. The summed E-state index contributed by atoms with van der Waals surface area (Å²) in [5.74, 6) is 0.0312. The summed E-state index contributed by atoms with van der Waals surface area (Å²) < 4.78 is 5.83. The molecule has 5 heteroatoms. The van der Waals surface area contributed by atoms with Gasteiger partial charge in [0.15, 0.2) is 0 Å². The SMILES string of the molecule is N#CC1=C(N)C(CC(N)=O)Cc2ccc(OCc3ccccc3)cc21. The summed E-state index contributed by atoms with van der Waals surface area (Å²) in [6, 6.07) is 17.7. The quantitative estimate of drug-likeness (QED) is 0.877. The third-order valence-electron chi connectivity index (χ3n) is 4.35. The molecular formula is C20H19N3O2. The Kier molecular flexibility index (Phi) is 4.71. The van der Waals surface area contributed by atoms with Crippen molar-refractivity contribution in [3.63, 3.8) is 0 Å². The van der Waals surface area contributed by atoms with E-state index in [1.807, 2.05) is 48.5 Å². The summed E-state index contributed by atoms with van der Waals surface area (Å²) in [6.45, 7) is 0.449. The minimum atomic E-state index is -0.420. The fourth-order valence-corrected chi connectivity index (χ4v) is 3.08. The van der Waals surface area contributed by atoms with E-state index in [-0.39, 0.29) is 12.3 Å². The van der Waals surface area contributed by atoms with Gasteiger partial charge in [0.1, 0.15) is 18.4 Å². The summed E-state index contributed by atoms with van der Waals surface area (Å²) in [6.07, 6.45) is 0.733. The van der Waals surface area contributed by atoms with Crippen molar-refractivity contribution in [3.8, 4) is 11.8 Å². The molecule has 25 heavy (non-hydrogen) atoms. The highest BCUT2D eigenvalue weighted by Gasteiger charge is 2.27. The molecule has 3 rings (SSSR count). The predicted octanol–water partition coefficient (Wildman–Crippen LogP) is 2.51. The Labute approximate surface area is 146 Å². The van der Waals surface area contributed by atoms with E-state index in [0.29, 0.717) is 30.0 Å². The van der Waals surface area contributed by atoms with E-state index < -0.39 is 5.91 Å². The Morgan fingerprint density at radius 1 is 1.24 bits per heavy atom. The van der Waals surface area contributed by atoms with Gasteiger partial charge in [-0.15, -0.1) is 0 Å². The number of primary amides is 1. The van der Waals surface area contributed by atoms with Crippen LogP contribution in [0.2, 0.25) is 0 Å². The van der Waals surface area contributed by atoms with Gasteiger partial charge in [-0.1, -0.05) is 36.4 Å². The first-order valence-corrected chi connectivity index (χ1v) is 8.06. The summed E-state index contributed by atoms with van der Waals surface area (Å²) >= 11 is 0. The van der Waals surface area contributed by atoms with Crippen LogP contribution in [-0.2, 0) is 17.8 Å². The van der Waals surface area contributed by atoms with E-state index in [4.69, 9.17) is 16.2 Å². The fraction of sp³-hybridized carbons (Fsp3) is 0.200. The Balaban J connectivity index is 1.85. The molecule has 1 aliphatic carbocycles. The second-order valence-electron chi connectivity index (χ2n) is 6.11. The summed E-state index contributed by atoms with van der Waals surface area (Å²) in [7, 11) is 0. The lowest BCUT2D eigenvalue weighted by atomic mass is 9.81. The van der Waals surface area contributed by atoms with E-state index in [9.17, 15) is 10.1 Å². The van der Waals surface area contributed by atoms with Crippen molar-refractivity contribution in [1.82, 2.24) is 0 Å². The number of nitrogens with two attached hydrogens (primary N) is 2. The van der Waals surface area contributed by atoms with Gasteiger partial charge in [-0.3, -0.25) is 4.79 Å². The Hall–Kier alpha value is -3.26. The third kappa shape index (κ3) is 3.64. The molecule has 0 bridgehead atoms. The number of hydrogen-bond donors (Lipinski definition) is 2. The second kappa shape index (κ2) is 7.10. The van der Waals surface area contributed by atoms with Gasteiger partial charge in [-0.2, -0.15) is 5.26 Å². The maximum Gasteiger partial charge on any atom is 0.218 e. The molecule has 5 nitrogen and oxygen atoms in total. The average molecular weight is 333 g/mol. The topological polar surface area (TPSA) is 102 Å². The van der Waals surface area contributed by atoms with Crippen LogP contribution in [0.15, 0.2) is 54.2 Å². The zero-order chi connectivity index (χ0) is 17.8. The predicted molar refractivity (Wildman–Crippen MR) is 94.9 cm³/mol. The van der Waals surface area contributed by atoms with Crippen LogP contribution >= 0.6 is 0 Å². The van der Waals surface area contributed by atoms with Crippen molar-refractivity contribution >= 4 is 11.5 Å². The molecule has 0 fully saturated rings. The van der Waals surface area contributed by atoms with E-state index in [1.165, 1.54) is 0 Å². The smallest absolute Gasteiger partial charge is 0.218 e. The van der Waals surface area contributed by atoms with E-state index in [1.54, 1.807) is 0 Å². The highest BCUT2D eigenvalue weighted by atomic mass is 16.5. The number of fused-ring (bicyclic) bond motifs is 1. The van der Waals surface area contributed by atoms with Crippen LogP contribution in [0, 0.1) is 17.2 Å². The van der Waals surface area contributed by atoms with Crippen LogP contribution in [0.4, 0.5) is 0 Å². The molecule has 1 aliphatic rings. The number of hydrogen-bond acceptors (Lipinski definition) is 4. The van der Waals surface area contributed by atoms with Crippen LogP contribution in [0.5, 0.6) is 5.75 Å². The molecule has 0 saturated heterocycles. The average Bonchev–Trinajstić information content (AvgIpc) is 2.61. The summed E-state index contributed by atoms with van der Waals surface area (Å²) in [5.41, 5.74) is 15.1. The van der Waals surface area contributed by atoms with Crippen molar-refractivity contribution in [3.05, 3.63) is 70.9 Å². The van der Waals surface area contributed by atoms with E-state index in [0.717, 1.165) is 16.7 Å². The minimum absolute atomic E-state index is 0.142. The monoisotopic (exact) mass is 333 g/mol. The lowest BCUT2D eigenvalue weighted by Gasteiger charge is -2.25. The molecule has 0 radical (unpaired) electrons. The lowest BCUT2D eigenvalue weighted by molar-refractivity contribution is -0.118. The minimum Gasteiger partial charge on any atom is -0.489 e. The van der Waals surface area contributed by atoms with Gasteiger partial charge in [0.25, 0.3) is 0 Å². The van der Waals surface area contributed by atoms with Crippen molar-refractivity contribution in [2.45, 2.75) is 19.4 Å². The summed E-state index contributed by atoms with van der Waals surface area (Å²) in [4.78, 5) is 11.2. The van der Waals surface area contributed by atoms with Gasteiger partial charge in [0, 0.05) is 23.6 Å². The first kappa shape index (κ1) is 16.6. The normalized spacial score (nSPS) is 16.0. The van der Waals surface area contributed by atoms with Crippen LogP contribution in [-0.4, -0.2) is 5.91 Å². The molecule has 126 valence electrons. The summed E-state index contributed by atoms with van der Waals surface area (Å²) in [5, 5.41) is 9.51. The number of ether oxygens (including phenoxy) is 1. The van der Waals surface area contributed by atoms with E-state index in [2.05, 4.69) is 6.07 Å². The second-order valence-corrected chi connectivity index (χ2v) is 6.11. The molecule has 1 atom stereocenters. The van der Waals surface area contributed by atoms with Crippen LogP contribution in [0.1, 0.15) is 23.1 Å². The Morgan fingerprint density at radius 3 is 2.68 bits per heavy atom. The zero-order valence-corrected chi connectivity index (χ0v) is 13.7. The number of amides is 1. The van der Waals surface area contributed by atoms with Crippen molar-refractivity contribution < 1.29 is 9.53 Å². The maximum absolute atomic E-state index is 11.2. The van der Waals surface area contributed by atoms with Gasteiger partial charge in [0.2, 0.25) is 5.91 Å². The van der Waals surface area contributed by atoms with Gasteiger partial charge in [-0.25, -0.2) is 0 Å². The van der Waals surface area contributed by atoms with Gasteiger partial charge in [0.05, 0.1) is 5.57 Å². The molecule has 4 N–H and O–H groups in total. The fourth-order valence-electron chi connectivity index (χ4n) is 3.08. The van der Waals surface area contributed by atoms with Gasteiger partial charge < -0.3 is 16.2 Å². The molecule has 1 unspecified atom stereocenters. The largest absolute Gasteiger partial charge is 0.489 e. The maximum atomic E-state index is 11.2. The van der Waals surface area contributed by atoms with Crippen LogP contribution in [0.25, 0.3) is 5.57 Å². The zero-order valence-electron chi connectivity index (χ0n) is 13.7. The molecule has 0 heterocycles. The highest BCUT2D eigenvalue weighted by molar-refractivity contribution is 5.84. The Bertz CT molecular complexity index is 866. The van der Waals surface area contributed by atoms with Crippen molar-refractivity contribution in [1.29, 1.82) is 5.26 Å². The molecule has 0 aromatic heterocycles. The first-order valence-electron chi connectivity index (χ1n) is 8.06. The number of allylic oxidation sites excluding steroid dienone is 2. The van der Waals surface area contributed by atoms with Crippen LogP contribution in [0.3, 0.4) is 0 Å². The standard InChI is InChI=1S/C20H19N3O2/c21-11-18-17-10-16(25-12-13-4-2-1-3-5-13)7-6-14(17)8-15(20(18)23)9-19(22)24/h1-7,10,15H,8-9,12,23H2,(H2,22,24). The third-order valence-corrected chi connectivity index (χ3v) is 4.35. The van der Waals surface area contributed by atoms with Crippen LogP contribution < -0.4 is 16.2 Å². The number of nitriles is 1. The number of rotatable bonds is 5. The molecule has 0 spiro atoms. The number of nitrogens with zero attached hydrogens (tertiary/aromatic N) is 1. The van der Waals surface area contributed by atoms with Crippen molar-refractivity contribution in [2.24, 2.45) is 17.4 Å². The van der Waals surface area contributed by atoms with Crippen molar-refractivity contribution in [2.75, 3.05) is 0 Å². The van der Waals surface area contributed by atoms with Gasteiger partial charge in [-0.05, 0) is 29.7 Å². The Morgan fingerprint density at radius 2 is 2.00 bits per heavy atom. The molecule has 0 aliphatic heterocycles. The number of carbonyl (C=O) groups is 1. The van der Waals surface area contributed by atoms with E-state index >= 15 is 0 Å².